The van der Waals surface area contributed by atoms with E-state index in [2.05, 4.69) is 5.32 Å². The highest BCUT2D eigenvalue weighted by Gasteiger charge is 2.24. The predicted molar refractivity (Wildman–Crippen MR) is 104 cm³/mol. The van der Waals surface area contributed by atoms with E-state index >= 15 is 0 Å². The summed E-state index contributed by atoms with van der Waals surface area (Å²) < 4.78 is 53.7. The fourth-order valence-electron chi connectivity index (χ4n) is 2.92. The van der Waals surface area contributed by atoms with Gasteiger partial charge in [0.05, 0.1) is 10.9 Å². The first kappa shape index (κ1) is 22.0. The summed E-state index contributed by atoms with van der Waals surface area (Å²) in [4.78, 5) is 12.7. The molecule has 1 N–H and O–H groups in total. The van der Waals surface area contributed by atoms with Gasteiger partial charge in [0.25, 0.3) is 5.91 Å². The van der Waals surface area contributed by atoms with Gasteiger partial charge in [0.15, 0.2) is 0 Å². The minimum absolute atomic E-state index is 0.0209. The van der Waals surface area contributed by atoms with Gasteiger partial charge < -0.3 is 5.32 Å². The molecule has 0 aliphatic rings. The second-order valence-corrected chi connectivity index (χ2v) is 8.36. The summed E-state index contributed by atoms with van der Waals surface area (Å²) in [6, 6.07) is 6.76. The lowest BCUT2D eigenvalue weighted by atomic mass is 10.1. The summed E-state index contributed by atoms with van der Waals surface area (Å²) in [5, 5.41) is 2.64. The Labute approximate surface area is 164 Å². The number of aryl methyl sites for hydroxylation is 1. The molecule has 2 rings (SSSR count). The van der Waals surface area contributed by atoms with E-state index in [4.69, 9.17) is 0 Å². The van der Waals surface area contributed by atoms with Gasteiger partial charge in [-0.15, -0.1) is 0 Å². The number of hydrogen-bond acceptors (Lipinski definition) is 3. The minimum Gasteiger partial charge on any atom is -0.345 e. The van der Waals surface area contributed by atoms with Crippen molar-refractivity contribution in [2.24, 2.45) is 0 Å². The van der Waals surface area contributed by atoms with Crippen LogP contribution < -0.4 is 5.32 Å². The molecule has 1 amide bonds. The van der Waals surface area contributed by atoms with Gasteiger partial charge in [0, 0.05) is 30.3 Å². The number of rotatable bonds is 7. The molecule has 28 heavy (non-hydrogen) atoms. The quantitative estimate of drug-likeness (QED) is 0.755. The van der Waals surface area contributed by atoms with Gasteiger partial charge in [-0.1, -0.05) is 26.0 Å². The van der Waals surface area contributed by atoms with E-state index in [1.54, 1.807) is 33.8 Å². The smallest absolute Gasteiger partial charge is 0.252 e. The second kappa shape index (κ2) is 8.79. The number of carbonyl (C=O) groups is 1. The fraction of sp³-hybridized carbons (Fsp3) is 0.350. The van der Waals surface area contributed by atoms with Crippen LogP contribution in [-0.2, 0) is 10.0 Å². The molecule has 5 nitrogen and oxygen atoms in total. The van der Waals surface area contributed by atoms with Crippen LogP contribution in [0.15, 0.2) is 41.3 Å². The maximum atomic E-state index is 13.9. The van der Waals surface area contributed by atoms with Crippen LogP contribution in [0.3, 0.4) is 0 Å². The van der Waals surface area contributed by atoms with Crippen molar-refractivity contribution in [2.45, 2.75) is 38.6 Å². The van der Waals surface area contributed by atoms with Crippen molar-refractivity contribution in [1.82, 2.24) is 9.62 Å². The molecule has 0 heterocycles. The summed E-state index contributed by atoms with van der Waals surface area (Å²) >= 11 is 0. The summed E-state index contributed by atoms with van der Waals surface area (Å²) in [5.74, 6) is -2.00. The van der Waals surface area contributed by atoms with Crippen molar-refractivity contribution < 1.29 is 22.0 Å². The molecular weight excluding hydrogens is 386 g/mol. The van der Waals surface area contributed by atoms with Crippen LogP contribution in [-0.4, -0.2) is 31.7 Å². The zero-order valence-electron chi connectivity index (χ0n) is 16.3. The Morgan fingerprint density at radius 2 is 1.75 bits per heavy atom. The SMILES string of the molecule is CCN(CC)S(=O)(=O)c1ccc(C)c(C(=O)NC(C)c2ccc(F)cc2F)c1. The molecule has 0 saturated carbocycles. The molecule has 0 aliphatic carbocycles. The Bertz CT molecular complexity index is 973. The second-order valence-electron chi connectivity index (χ2n) is 6.43. The molecule has 1 atom stereocenters. The Morgan fingerprint density at radius 1 is 1.11 bits per heavy atom. The van der Waals surface area contributed by atoms with Gasteiger partial charge >= 0.3 is 0 Å². The Morgan fingerprint density at radius 3 is 2.32 bits per heavy atom. The molecule has 0 fully saturated rings. The summed E-state index contributed by atoms with van der Waals surface area (Å²) in [5.41, 5.74) is 0.907. The Balaban J connectivity index is 2.33. The number of nitrogens with zero attached hydrogens (tertiary/aromatic N) is 1. The fourth-order valence-corrected chi connectivity index (χ4v) is 4.41. The number of halogens is 2. The molecule has 0 saturated heterocycles. The van der Waals surface area contributed by atoms with Crippen molar-refractivity contribution in [3.8, 4) is 0 Å². The highest BCUT2D eigenvalue weighted by atomic mass is 32.2. The minimum atomic E-state index is -3.71. The molecule has 0 bridgehead atoms. The molecule has 0 aliphatic heterocycles. The molecule has 2 aromatic carbocycles. The number of nitrogens with one attached hydrogen (secondary N) is 1. The first-order valence-electron chi connectivity index (χ1n) is 8.98. The molecule has 0 aromatic heterocycles. The van der Waals surface area contributed by atoms with E-state index < -0.39 is 33.6 Å². The zero-order chi connectivity index (χ0) is 21.1. The van der Waals surface area contributed by atoms with E-state index in [0.29, 0.717) is 18.7 Å². The van der Waals surface area contributed by atoms with Crippen LogP contribution >= 0.6 is 0 Å². The van der Waals surface area contributed by atoms with Gasteiger partial charge in [-0.05, 0) is 37.6 Å². The lowest BCUT2D eigenvalue weighted by Gasteiger charge is -2.20. The maximum absolute atomic E-state index is 13.9. The Hall–Kier alpha value is -2.32. The van der Waals surface area contributed by atoms with Crippen molar-refractivity contribution >= 4 is 15.9 Å². The standard InChI is InChI=1S/C20H24F2N2O3S/c1-5-24(6-2)28(26,27)16-9-7-13(3)18(12-16)20(25)23-14(4)17-10-8-15(21)11-19(17)22/h7-12,14H,5-6H2,1-4H3,(H,23,25). The molecule has 0 radical (unpaired) electrons. The summed E-state index contributed by atoms with van der Waals surface area (Å²) in [7, 11) is -3.71. The van der Waals surface area contributed by atoms with Crippen molar-refractivity contribution in [3.63, 3.8) is 0 Å². The van der Waals surface area contributed by atoms with Crippen molar-refractivity contribution in [2.75, 3.05) is 13.1 Å². The van der Waals surface area contributed by atoms with E-state index in [1.807, 2.05) is 0 Å². The van der Waals surface area contributed by atoms with Crippen LogP contribution in [0.2, 0.25) is 0 Å². The van der Waals surface area contributed by atoms with Gasteiger partial charge in [-0.25, -0.2) is 17.2 Å². The molecule has 2 aromatic rings. The third kappa shape index (κ3) is 4.56. The number of sulfonamides is 1. The van der Waals surface area contributed by atoms with E-state index in [1.165, 1.54) is 22.5 Å². The summed E-state index contributed by atoms with van der Waals surface area (Å²) in [6.45, 7) is 7.36. The molecule has 0 spiro atoms. The third-order valence-electron chi connectivity index (χ3n) is 4.57. The van der Waals surface area contributed by atoms with Crippen LogP contribution in [0.1, 0.15) is 48.3 Å². The Kier molecular flexibility index (Phi) is 6.90. The van der Waals surface area contributed by atoms with Gasteiger partial charge in [0.2, 0.25) is 10.0 Å². The van der Waals surface area contributed by atoms with Gasteiger partial charge in [-0.3, -0.25) is 4.79 Å². The highest BCUT2D eigenvalue weighted by molar-refractivity contribution is 7.89. The largest absolute Gasteiger partial charge is 0.345 e. The number of carbonyl (C=O) groups excluding carboxylic acids is 1. The van der Waals surface area contributed by atoms with Crippen molar-refractivity contribution in [3.05, 3.63) is 64.7 Å². The van der Waals surface area contributed by atoms with Crippen molar-refractivity contribution in [1.29, 1.82) is 0 Å². The van der Waals surface area contributed by atoms with E-state index in [9.17, 15) is 22.0 Å². The molecular formula is C20H24F2N2O3S. The lowest BCUT2D eigenvalue weighted by molar-refractivity contribution is 0.0938. The van der Waals surface area contributed by atoms with Crippen LogP contribution in [0, 0.1) is 18.6 Å². The van der Waals surface area contributed by atoms with Crippen LogP contribution in [0.25, 0.3) is 0 Å². The first-order valence-corrected chi connectivity index (χ1v) is 10.4. The monoisotopic (exact) mass is 410 g/mol. The normalized spacial score (nSPS) is 12.8. The molecule has 152 valence electrons. The highest BCUT2D eigenvalue weighted by Crippen LogP contribution is 2.22. The number of amides is 1. The van der Waals surface area contributed by atoms with E-state index in [-0.39, 0.29) is 16.0 Å². The van der Waals surface area contributed by atoms with Crippen LogP contribution in [0.5, 0.6) is 0 Å². The summed E-state index contributed by atoms with van der Waals surface area (Å²) in [6.07, 6.45) is 0. The maximum Gasteiger partial charge on any atom is 0.252 e. The third-order valence-corrected chi connectivity index (χ3v) is 6.62. The average molecular weight is 410 g/mol. The predicted octanol–water partition coefficient (Wildman–Crippen LogP) is 3.79. The number of hydrogen-bond donors (Lipinski definition) is 1. The topological polar surface area (TPSA) is 66.5 Å². The zero-order valence-corrected chi connectivity index (χ0v) is 17.1. The molecule has 1 unspecified atom stereocenters. The van der Waals surface area contributed by atoms with Gasteiger partial charge in [0.1, 0.15) is 11.6 Å². The van der Waals surface area contributed by atoms with Gasteiger partial charge in [-0.2, -0.15) is 4.31 Å². The van der Waals surface area contributed by atoms with E-state index in [0.717, 1.165) is 12.1 Å². The lowest BCUT2D eigenvalue weighted by Crippen LogP contribution is -2.31. The van der Waals surface area contributed by atoms with Crippen LogP contribution in [0.4, 0.5) is 8.78 Å². The average Bonchev–Trinajstić information content (AvgIpc) is 2.62. The number of benzene rings is 2. The first-order chi connectivity index (χ1) is 13.1. The molecule has 8 heteroatoms.